The van der Waals surface area contributed by atoms with E-state index < -0.39 is 10.8 Å². The zero-order valence-corrected chi connectivity index (χ0v) is 12.1. The summed E-state index contributed by atoms with van der Waals surface area (Å²) in [6, 6.07) is 5.81. The van der Waals surface area contributed by atoms with Crippen LogP contribution in [-0.2, 0) is 11.3 Å². The Kier molecular flexibility index (Phi) is 4.31. The highest BCUT2D eigenvalue weighted by Gasteiger charge is 2.18. The van der Waals surface area contributed by atoms with Crippen molar-refractivity contribution in [1.29, 1.82) is 0 Å². The van der Waals surface area contributed by atoms with Crippen LogP contribution in [0.1, 0.15) is 11.3 Å². The molecule has 0 spiro atoms. The summed E-state index contributed by atoms with van der Waals surface area (Å²) < 4.78 is 1.13. The van der Waals surface area contributed by atoms with Crippen LogP contribution in [-0.4, -0.2) is 20.4 Å². The van der Waals surface area contributed by atoms with Gasteiger partial charge in [0.05, 0.1) is 11.3 Å². The number of carbonyl (C=O) groups is 1. The van der Waals surface area contributed by atoms with Crippen molar-refractivity contribution >= 4 is 17.3 Å². The smallest absolute Gasteiger partial charge is 0.293 e. The van der Waals surface area contributed by atoms with Gasteiger partial charge in [0.15, 0.2) is 0 Å². The largest absolute Gasteiger partial charge is 0.319 e. The van der Waals surface area contributed by atoms with Crippen LogP contribution in [0.4, 0.5) is 11.4 Å². The van der Waals surface area contributed by atoms with Gasteiger partial charge in [-0.3, -0.25) is 24.3 Å². The van der Waals surface area contributed by atoms with Crippen LogP contribution >= 0.6 is 0 Å². The van der Waals surface area contributed by atoms with E-state index in [1.807, 2.05) is 0 Å². The first-order chi connectivity index (χ1) is 10.4. The molecule has 114 valence electrons. The van der Waals surface area contributed by atoms with Crippen LogP contribution in [0.5, 0.6) is 0 Å². The Morgan fingerprint density at radius 3 is 2.77 bits per heavy atom. The SMILES string of the molecule is Cc1cc(=O)n(CC(=O)Nc2c(C)cccc2[N+](=O)[O-])cn1. The summed E-state index contributed by atoms with van der Waals surface area (Å²) in [7, 11) is 0. The van der Waals surface area contributed by atoms with Gasteiger partial charge >= 0.3 is 0 Å². The van der Waals surface area contributed by atoms with Crippen LogP contribution in [0.3, 0.4) is 0 Å². The lowest BCUT2D eigenvalue weighted by atomic mass is 10.1. The van der Waals surface area contributed by atoms with Gasteiger partial charge in [-0.2, -0.15) is 0 Å². The highest BCUT2D eigenvalue weighted by atomic mass is 16.6. The molecule has 0 unspecified atom stereocenters. The number of amides is 1. The molecule has 0 radical (unpaired) electrons. The molecule has 0 aliphatic heterocycles. The van der Waals surface area contributed by atoms with Gasteiger partial charge in [0.2, 0.25) is 5.91 Å². The fourth-order valence-corrected chi connectivity index (χ4v) is 1.94. The maximum absolute atomic E-state index is 12.0. The first-order valence-electron chi connectivity index (χ1n) is 6.45. The Labute approximate surface area is 125 Å². The monoisotopic (exact) mass is 302 g/mol. The van der Waals surface area contributed by atoms with E-state index in [-0.39, 0.29) is 23.5 Å². The van der Waals surface area contributed by atoms with Crippen LogP contribution in [0, 0.1) is 24.0 Å². The van der Waals surface area contributed by atoms with Crippen LogP contribution in [0.25, 0.3) is 0 Å². The molecule has 1 aromatic carbocycles. The van der Waals surface area contributed by atoms with Gasteiger partial charge in [-0.05, 0) is 19.4 Å². The molecule has 8 nitrogen and oxygen atoms in total. The number of hydrogen-bond donors (Lipinski definition) is 1. The number of rotatable bonds is 4. The normalized spacial score (nSPS) is 10.3. The van der Waals surface area contributed by atoms with E-state index in [4.69, 9.17) is 0 Å². The van der Waals surface area contributed by atoms with Crippen molar-refractivity contribution < 1.29 is 9.72 Å². The van der Waals surface area contributed by atoms with E-state index in [2.05, 4.69) is 10.3 Å². The van der Waals surface area contributed by atoms with Gasteiger partial charge in [-0.25, -0.2) is 4.98 Å². The lowest BCUT2D eigenvalue weighted by molar-refractivity contribution is -0.384. The molecule has 0 bridgehead atoms. The van der Waals surface area contributed by atoms with Gasteiger partial charge in [-0.1, -0.05) is 12.1 Å². The van der Waals surface area contributed by atoms with Gasteiger partial charge < -0.3 is 5.32 Å². The Balaban J connectivity index is 2.23. The molecule has 8 heteroatoms. The minimum absolute atomic E-state index is 0.130. The number of para-hydroxylation sites is 1. The van der Waals surface area contributed by atoms with Crippen LogP contribution < -0.4 is 10.9 Å². The Bertz CT molecular complexity index is 798. The third kappa shape index (κ3) is 3.35. The zero-order chi connectivity index (χ0) is 16.3. The number of nitro groups is 1. The standard InChI is InChI=1S/C14H14N4O4/c1-9-4-3-5-11(18(21)22)14(9)16-12(19)7-17-8-15-10(2)6-13(17)20/h3-6,8H,7H2,1-2H3,(H,16,19). The molecular formula is C14H14N4O4. The Hall–Kier alpha value is -3.03. The number of nitrogens with one attached hydrogen (secondary N) is 1. The molecule has 0 aliphatic carbocycles. The lowest BCUT2D eigenvalue weighted by Crippen LogP contribution is -2.28. The molecule has 2 rings (SSSR count). The van der Waals surface area contributed by atoms with E-state index in [0.29, 0.717) is 11.3 Å². The van der Waals surface area contributed by atoms with Crippen molar-refractivity contribution in [1.82, 2.24) is 9.55 Å². The molecular weight excluding hydrogens is 288 g/mol. The number of aromatic nitrogens is 2. The predicted molar refractivity (Wildman–Crippen MR) is 79.7 cm³/mol. The highest BCUT2D eigenvalue weighted by molar-refractivity contribution is 5.93. The molecule has 0 saturated carbocycles. The topological polar surface area (TPSA) is 107 Å². The molecule has 0 saturated heterocycles. The van der Waals surface area contributed by atoms with Crippen molar-refractivity contribution in [3.05, 3.63) is 62.3 Å². The summed E-state index contributed by atoms with van der Waals surface area (Å²) in [4.78, 5) is 38.1. The second-order valence-corrected chi connectivity index (χ2v) is 4.77. The predicted octanol–water partition coefficient (Wildman–Crippen LogP) is 1.41. The fraction of sp³-hybridized carbons (Fsp3) is 0.214. The second-order valence-electron chi connectivity index (χ2n) is 4.77. The highest BCUT2D eigenvalue weighted by Crippen LogP contribution is 2.27. The number of anilines is 1. The third-order valence-corrected chi connectivity index (χ3v) is 3.04. The second kappa shape index (κ2) is 6.17. The summed E-state index contributed by atoms with van der Waals surface area (Å²) in [6.45, 7) is 3.06. The van der Waals surface area contributed by atoms with Gasteiger partial charge in [0, 0.05) is 17.8 Å². The Morgan fingerprint density at radius 2 is 2.14 bits per heavy atom. The zero-order valence-electron chi connectivity index (χ0n) is 12.1. The maximum atomic E-state index is 12.0. The summed E-state index contributed by atoms with van der Waals surface area (Å²) >= 11 is 0. The lowest BCUT2D eigenvalue weighted by Gasteiger charge is -2.09. The van der Waals surface area contributed by atoms with Crippen LogP contribution in [0.15, 0.2) is 35.4 Å². The number of benzene rings is 1. The minimum Gasteiger partial charge on any atom is -0.319 e. The summed E-state index contributed by atoms with van der Waals surface area (Å²) in [6.07, 6.45) is 1.27. The third-order valence-electron chi connectivity index (χ3n) is 3.04. The summed E-state index contributed by atoms with van der Waals surface area (Å²) in [5.74, 6) is -0.537. The molecule has 1 aromatic heterocycles. The average molecular weight is 302 g/mol. The van der Waals surface area contributed by atoms with Gasteiger partial charge in [-0.15, -0.1) is 0 Å². The quantitative estimate of drug-likeness (QED) is 0.678. The average Bonchev–Trinajstić information content (AvgIpc) is 2.44. The summed E-state index contributed by atoms with van der Waals surface area (Å²) in [5.41, 5.74) is 0.698. The maximum Gasteiger partial charge on any atom is 0.293 e. The molecule has 22 heavy (non-hydrogen) atoms. The molecule has 0 atom stereocenters. The first kappa shape index (κ1) is 15.4. The van der Waals surface area contributed by atoms with E-state index in [1.54, 1.807) is 19.9 Å². The molecule has 2 aromatic rings. The van der Waals surface area contributed by atoms with Gasteiger partial charge in [0.1, 0.15) is 12.2 Å². The van der Waals surface area contributed by atoms with E-state index in [0.717, 1.165) is 4.57 Å². The number of aryl methyl sites for hydroxylation is 2. The fourth-order valence-electron chi connectivity index (χ4n) is 1.94. The molecule has 0 aliphatic rings. The van der Waals surface area contributed by atoms with E-state index in [9.17, 15) is 19.7 Å². The minimum atomic E-state index is -0.567. The van der Waals surface area contributed by atoms with E-state index >= 15 is 0 Å². The first-order valence-corrected chi connectivity index (χ1v) is 6.45. The number of carbonyl (C=O) groups excluding carboxylic acids is 1. The molecule has 1 amide bonds. The number of hydrogen-bond acceptors (Lipinski definition) is 5. The number of nitrogens with zero attached hydrogens (tertiary/aromatic N) is 3. The van der Waals surface area contributed by atoms with Crippen molar-refractivity contribution in [3.63, 3.8) is 0 Å². The van der Waals surface area contributed by atoms with Crippen molar-refractivity contribution in [2.45, 2.75) is 20.4 Å². The number of nitro benzene ring substituents is 1. The van der Waals surface area contributed by atoms with Crippen molar-refractivity contribution in [2.75, 3.05) is 5.32 Å². The Morgan fingerprint density at radius 1 is 1.41 bits per heavy atom. The summed E-state index contributed by atoms with van der Waals surface area (Å²) in [5, 5.41) is 13.5. The molecule has 0 fully saturated rings. The van der Waals surface area contributed by atoms with Crippen molar-refractivity contribution in [2.24, 2.45) is 0 Å². The van der Waals surface area contributed by atoms with Gasteiger partial charge in [0.25, 0.3) is 11.2 Å². The van der Waals surface area contributed by atoms with E-state index in [1.165, 1.54) is 24.5 Å². The van der Waals surface area contributed by atoms with Crippen molar-refractivity contribution in [3.8, 4) is 0 Å². The molecule has 1 heterocycles. The van der Waals surface area contributed by atoms with Crippen LogP contribution in [0.2, 0.25) is 0 Å². The molecule has 1 N–H and O–H groups in total.